The number of methoxy groups -OCH3 is 1. The highest BCUT2D eigenvalue weighted by atomic mass is 16.5. The lowest BCUT2D eigenvalue weighted by Gasteiger charge is -2.18. The Kier molecular flexibility index (Phi) is 4.62. The summed E-state index contributed by atoms with van der Waals surface area (Å²) in [7, 11) is 1.58. The van der Waals surface area contributed by atoms with Gasteiger partial charge in [-0.25, -0.2) is 4.79 Å². The molecule has 0 amide bonds. The van der Waals surface area contributed by atoms with Crippen molar-refractivity contribution >= 4 is 12.0 Å². The Morgan fingerprint density at radius 1 is 1.52 bits per heavy atom. The zero-order chi connectivity index (χ0) is 15.2. The van der Waals surface area contributed by atoms with Crippen LogP contribution < -0.4 is 9.47 Å². The number of ether oxygens (including phenoxy) is 3. The van der Waals surface area contributed by atoms with E-state index in [4.69, 9.17) is 19.5 Å². The van der Waals surface area contributed by atoms with Gasteiger partial charge in [-0.1, -0.05) is 12.1 Å². The molecule has 108 valence electrons. The summed E-state index contributed by atoms with van der Waals surface area (Å²) in [5.74, 6) is 0.682. The van der Waals surface area contributed by atoms with Gasteiger partial charge in [-0.2, -0.15) is 5.26 Å². The van der Waals surface area contributed by atoms with Gasteiger partial charge < -0.3 is 14.2 Å². The molecule has 1 heterocycles. The van der Waals surface area contributed by atoms with Crippen LogP contribution in [0.1, 0.15) is 12.5 Å². The molecule has 1 aliphatic rings. The summed E-state index contributed by atoms with van der Waals surface area (Å²) < 4.78 is 15.7. The third-order valence-corrected chi connectivity index (χ3v) is 2.90. The second-order valence-electron chi connectivity index (χ2n) is 4.28. The third-order valence-electron chi connectivity index (χ3n) is 2.90. The van der Waals surface area contributed by atoms with Crippen LogP contribution in [0.25, 0.3) is 6.08 Å². The average Bonchev–Trinajstić information content (AvgIpc) is 2.51. The standard InChI is InChI=1S/C16H15NO4/c1-3-20-16(18)13(9-17)8-11-7-12-5-4-6-14(19-2)15(12)21-10-11/h4-8H,3,10H2,1-2H3. The van der Waals surface area contributed by atoms with Crippen LogP contribution in [0.5, 0.6) is 11.5 Å². The zero-order valence-electron chi connectivity index (χ0n) is 11.9. The Morgan fingerprint density at radius 2 is 2.33 bits per heavy atom. The maximum Gasteiger partial charge on any atom is 0.348 e. The van der Waals surface area contributed by atoms with Crippen molar-refractivity contribution in [2.75, 3.05) is 20.3 Å². The molecule has 5 heteroatoms. The molecule has 0 bridgehead atoms. The molecule has 0 aromatic heterocycles. The Morgan fingerprint density at radius 3 is 3.00 bits per heavy atom. The minimum absolute atomic E-state index is 0.0435. The highest BCUT2D eigenvalue weighted by Gasteiger charge is 2.17. The maximum atomic E-state index is 11.6. The second-order valence-corrected chi connectivity index (χ2v) is 4.28. The van der Waals surface area contributed by atoms with Gasteiger partial charge in [-0.05, 0) is 30.7 Å². The van der Waals surface area contributed by atoms with Gasteiger partial charge in [0.15, 0.2) is 11.5 Å². The normalized spacial score (nSPS) is 13.4. The van der Waals surface area contributed by atoms with Gasteiger partial charge in [0.25, 0.3) is 0 Å². The Labute approximate surface area is 123 Å². The predicted octanol–water partition coefficient (Wildman–Crippen LogP) is 2.48. The van der Waals surface area contributed by atoms with E-state index in [0.29, 0.717) is 11.5 Å². The van der Waals surface area contributed by atoms with Crippen LogP contribution in [-0.2, 0) is 9.53 Å². The molecule has 0 saturated heterocycles. The first kappa shape index (κ1) is 14.7. The van der Waals surface area contributed by atoms with E-state index in [2.05, 4.69) is 0 Å². The van der Waals surface area contributed by atoms with Crippen LogP contribution >= 0.6 is 0 Å². The summed E-state index contributed by atoms with van der Waals surface area (Å²) in [5, 5.41) is 9.02. The maximum absolute atomic E-state index is 11.6. The van der Waals surface area contributed by atoms with Crippen LogP contribution in [0, 0.1) is 11.3 Å². The summed E-state index contributed by atoms with van der Waals surface area (Å²) in [6.07, 6.45) is 3.35. The van der Waals surface area contributed by atoms with Crippen molar-refractivity contribution in [3.8, 4) is 17.6 Å². The highest BCUT2D eigenvalue weighted by molar-refractivity contribution is 5.93. The van der Waals surface area contributed by atoms with Gasteiger partial charge in [0.1, 0.15) is 18.2 Å². The molecule has 0 unspecified atom stereocenters. The molecule has 1 aromatic carbocycles. The van der Waals surface area contributed by atoms with Crippen LogP contribution in [0.4, 0.5) is 0 Å². The van der Waals surface area contributed by atoms with Crippen LogP contribution in [-0.4, -0.2) is 26.3 Å². The number of hydrogen-bond acceptors (Lipinski definition) is 5. The van der Waals surface area contributed by atoms with Gasteiger partial charge in [0.05, 0.1) is 13.7 Å². The molecule has 21 heavy (non-hydrogen) atoms. The minimum atomic E-state index is -0.627. The fourth-order valence-corrected chi connectivity index (χ4v) is 1.97. The smallest absolute Gasteiger partial charge is 0.348 e. The molecule has 0 spiro atoms. The van der Waals surface area contributed by atoms with E-state index < -0.39 is 5.97 Å². The Bertz CT molecular complexity index is 653. The van der Waals surface area contributed by atoms with Gasteiger partial charge in [0.2, 0.25) is 0 Å². The summed E-state index contributed by atoms with van der Waals surface area (Å²) >= 11 is 0. The van der Waals surface area contributed by atoms with Gasteiger partial charge in [-0.3, -0.25) is 0 Å². The predicted molar refractivity (Wildman–Crippen MR) is 76.8 cm³/mol. The van der Waals surface area contributed by atoms with Crippen molar-refractivity contribution in [1.82, 2.24) is 0 Å². The highest BCUT2D eigenvalue weighted by Crippen LogP contribution is 2.35. The van der Waals surface area contributed by atoms with Crippen molar-refractivity contribution in [1.29, 1.82) is 5.26 Å². The Balaban J connectivity index is 2.32. The topological polar surface area (TPSA) is 68.6 Å². The number of esters is 1. The first-order valence-electron chi connectivity index (χ1n) is 6.49. The lowest BCUT2D eigenvalue weighted by atomic mass is 10.0. The summed E-state index contributed by atoms with van der Waals surface area (Å²) in [5.41, 5.74) is 1.52. The van der Waals surface area contributed by atoms with Crippen LogP contribution in [0.2, 0.25) is 0 Å². The average molecular weight is 285 g/mol. The fourth-order valence-electron chi connectivity index (χ4n) is 1.97. The number of carbonyl (C=O) groups excluding carboxylic acids is 1. The SMILES string of the molecule is CCOC(=O)C(C#N)=CC1=Cc2cccc(OC)c2OC1. The molecule has 1 aromatic rings. The number of fused-ring (bicyclic) bond motifs is 1. The van der Waals surface area contributed by atoms with Crippen molar-refractivity contribution in [2.24, 2.45) is 0 Å². The molecule has 0 N–H and O–H groups in total. The monoisotopic (exact) mass is 285 g/mol. The quantitative estimate of drug-likeness (QED) is 0.483. The van der Waals surface area contributed by atoms with E-state index in [1.807, 2.05) is 30.3 Å². The van der Waals surface area contributed by atoms with Crippen molar-refractivity contribution in [2.45, 2.75) is 6.92 Å². The number of hydrogen-bond donors (Lipinski definition) is 0. The van der Waals surface area contributed by atoms with E-state index in [9.17, 15) is 4.79 Å². The number of para-hydroxylation sites is 1. The van der Waals surface area contributed by atoms with Crippen LogP contribution in [0.15, 0.2) is 35.4 Å². The first-order chi connectivity index (χ1) is 10.2. The van der Waals surface area contributed by atoms with Gasteiger partial charge in [0, 0.05) is 5.56 Å². The number of benzene rings is 1. The molecule has 5 nitrogen and oxygen atoms in total. The molecule has 1 aliphatic heterocycles. The molecule has 0 aliphatic carbocycles. The molecular formula is C16H15NO4. The minimum Gasteiger partial charge on any atom is -0.493 e. The first-order valence-corrected chi connectivity index (χ1v) is 6.49. The summed E-state index contributed by atoms with van der Waals surface area (Å²) in [6.45, 7) is 2.18. The summed E-state index contributed by atoms with van der Waals surface area (Å²) in [4.78, 5) is 11.6. The van der Waals surface area contributed by atoms with Crippen molar-refractivity contribution in [3.63, 3.8) is 0 Å². The lowest BCUT2D eigenvalue weighted by Crippen LogP contribution is -2.10. The van der Waals surface area contributed by atoms with Gasteiger partial charge in [-0.15, -0.1) is 0 Å². The number of nitriles is 1. The molecule has 0 saturated carbocycles. The lowest BCUT2D eigenvalue weighted by molar-refractivity contribution is -0.138. The van der Waals surface area contributed by atoms with Crippen LogP contribution in [0.3, 0.4) is 0 Å². The molecule has 0 atom stereocenters. The van der Waals surface area contributed by atoms with Crippen molar-refractivity contribution < 1.29 is 19.0 Å². The van der Waals surface area contributed by atoms with E-state index in [0.717, 1.165) is 11.1 Å². The molecular weight excluding hydrogens is 270 g/mol. The number of carbonyl (C=O) groups is 1. The van der Waals surface area contributed by atoms with Crippen molar-refractivity contribution in [3.05, 3.63) is 41.0 Å². The molecule has 0 radical (unpaired) electrons. The van der Waals surface area contributed by atoms with E-state index >= 15 is 0 Å². The van der Waals surface area contributed by atoms with E-state index in [-0.39, 0.29) is 18.8 Å². The molecule has 0 fully saturated rings. The van der Waals surface area contributed by atoms with Gasteiger partial charge >= 0.3 is 5.97 Å². The second kappa shape index (κ2) is 6.62. The van der Waals surface area contributed by atoms with E-state index in [1.165, 1.54) is 6.08 Å². The number of rotatable bonds is 4. The Hall–Kier alpha value is -2.74. The summed E-state index contributed by atoms with van der Waals surface area (Å²) in [6, 6.07) is 7.38. The third kappa shape index (κ3) is 3.23. The molecule has 2 rings (SSSR count). The fraction of sp³-hybridized carbons (Fsp3) is 0.250. The van der Waals surface area contributed by atoms with E-state index in [1.54, 1.807) is 14.0 Å². The largest absolute Gasteiger partial charge is 0.493 e. The zero-order valence-corrected chi connectivity index (χ0v) is 11.9. The number of nitrogens with zero attached hydrogens (tertiary/aromatic N) is 1.